The van der Waals surface area contributed by atoms with Crippen molar-refractivity contribution in [2.45, 2.75) is 19.9 Å². The Labute approximate surface area is 203 Å². The highest BCUT2D eigenvalue weighted by Crippen LogP contribution is 2.28. The highest BCUT2D eigenvalue weighted by Gasteiger charge is 2.12. The summed E-state index contributed by atoms with van der Waals surface area (Å²) in [6.07, 6.45) is 3.02. The molecule has 0 aliphatic rings. The first-order valence-corrected chi connectivity index (χ1v) is 12.1. The van der Waals surface area contributed by atoms with Crippen molar-refractivity contribution < 1.29 is 9.47 Å². The molecule has 0 spiro atoms. The van der Waals surface area contributed by atoms with E-state index in [1.54, 1.807) is 25.6 Å². The number of benzene rings is 3. The number of rotatable bonds is 7. The molecule has 0 unspecified atom stereocenters. The Balaban J connectivity index is 1.57. The molecule has 5 rings (SSSR count). The molecular weight excluding hydrogens is 442 g/mol. The second-order valence-electron chi connectivity index (χ2n) is 8.18. The van der Waals surface area contributed by atoms with E-state index in [-0.39, 0.29) is 0 Å². The highest BCUT2D eigenvalue weighted by atomic mass is 32.1. The van der Waals surface area contributed by atoms with Gasteiger partial charge in [-0.05, 0) is 73.0 Å². The van der Waals surface area contributed by atoms with Crippen LogP contribution in [0.5, 0.6) is 11.5 Å². The number of ether oxygens (including phenoxy) is 2. The number of nitrogens with one attached hydrogen (secondary N) is 1. The Bertz CT molecular complexity index is 1490. The van der Waals surface area contributed by atoms with E-state index in [9.17, 15) is 0 Å². The molecule has 2 aromatic heterocycles. The maximum Gasteiger partial charge on any atom is 0.190 e. The van der Waals surface area contributed by atoms with Crippen LogP contribution in [0, 0.1) is 6.92 Å². The second-order valence-corrected chi connectivity index (χ2v) is 9.02. The van der Waals surface area contributed by atoms with Crippen LogP contribution in [0.4, 0.5) is 5.69 Å². The molecule has 5 nitrogen and oxygen atoms in total. The maximum absolute atomic E-state index is 5.54. The van der Waals surface area contributed by atoms with E-state index in [0.717, 1.165) is 46.2 Å². The number of H-pyrrole nitrogens is 1. The van der Waals surface area contributed by atoms with Gasteiger partial charge in [0.1, 0.15) is 17.2 Å². The molecule has 34 heavy (non-hydrogen) atoms. The zero-order chi connectivity index (χ0) is 23.5. The van der Waals surface area contributed by atoms with Crippen molar-refractivity contribution in [1.82, 2.24) is 9.55 Å². The van der Waals surface area contributed by atoms with E-state index >= 15 is 0 Å². The summed E-state index contributed by atoms with van der Waals surface area (Å²) in [5.74, 6) is 1.61. The Morgan fingerprint density at radius 2 is 1.79 bits per heavy atom. The van der Waals surface area contributed by atoms with Crippen molar-refractivity contribution in [2.75, 3.05) is 14.2 Å². The molecule has 3 aromatic carbocycles. The minimum absolute atomic E-state index is 0.764. The second kappa shape index (κ2) is 9.61. The number of fused-ring (bicyclic) bond motifs is 1. The molecule has 0 bridgehead atoms. The molecule has 0 amide bonds. The standard InChI is InChI=1S/C28H27N3O2S/c1-19-8-13-24-23(16-19)21(17-29-24)14-15-31-26(20-9-11-22(32-2)12-10-20)18-34-28(31)30-25-6-4-5-7-27(25)33-3/h4-13,16-18,29H,14-15H2,1-3H3. The number of para-hydroxylation sites is 2. The van der Waals surface area contributed by atoms with Crippen molar-refractivity contribution in [3.05, 3.63) is 94.2 Å². The van der Waals surface area contributed by atoms with Crippen molar-refractivity contribution in [2.24, 2.45) is 4.99 Å². The largest absolute Gasteiger partial charge is 0.497 e. The van der Waals surface area contributed by atoms with Crippen LogP contribution in [-0.4, -0.2) is 23.8 Å². The first-order valence-electron chi connectivity index (χ1n) is 11.2. The summed E-state index contributed by atoms with van der Waals surface area (Å²) in [6.45, 7) is 2.94. The van der Waals surface area contributed by atoms with Gasteiger partial charge in [0, 0.05) is 29.0 Å². The van der Waals surface area contributed by atoms with Gasteiger partial charge in [-0.25, -0.2) is 4.99 Å². The van der Waals surface area contributed by atoms with Crippen LogP contribution in [0.25, 0.3) is 22.2 Å². The molecule has 0 atom stereocenters. The fraction of sp³-hybridized carbons (Fsp3) is 0.179. The van der Waals surface area contributed by atoms with Crippen molar-refractivity contribution in [1.29, 1.82) is 0 Å². The summed E-state index contributed by atoms with van der Waals surface area (Å²) in [7, 11) is 3.37. The maximum atomic E-state index is 5.54. The molecule has 0 aliphatic heterocycles. The van der Waals surface area contributed by atoms with Gasteiger partial charge in [-0.2, -0.15) is 0 Å². The molecule has 6 heteroatoms. The Hall–Kier alpha value is -3.77. The molecule has 172 valence electrons. The molecule has 0 saturated heterocycles. The SMILES string of the molecule is COc1ccc(-c2csc(=Nc3ccccc3OC)n2CCc2c[nH]c3ccc(C)cc23)cc1. The highest BCUT2D eigenvalue weighted by molar-refractivity contribution is 7.07. The average Bonchev–Trinajstić information content (AvgIpc) is 3.46. The smallest absolute Gasteiger partial charge is 0.190 e. The van der Waals surface area contributed by atoms with Crippen LogP contribution in [0.15, 0.2) is 83.3 Å². The number of nitrogens with zero attached hydrogens (tertiary/aromatic N) is 2. The Morgan fingerprint density at radius 3 is 2.59 bits per heavy atom. The fourth-order valence-corrected chi connectivity index (χ4v) is 5.13. The molecule has 0 radical (unpaired) electrons. The number of thiazole rings is 1. The van der Waals surface area contributed by atoms with Gasteiger partial charge in [-0.1, -0.05) is 23.8 Å². The van der Waals surface area contributed by atoms with Gasteiger partial charge in [0.25, 0.3) is 0 Å². The normalized spacial score (nSPS) is 11.8. The molecule has 2 heterocycles. The number of aromatic amines is 1. The van der Waals surface area contributed by atoms with Gasteiger partial charge < -0.3 is 19.0 Å². The van der Waals surface area contributed by atoms with Crippen LogP contribution in [-0.2, 0) is 13.0 Å². The van der Waals surface area contributed by atoms with E-state index in [2.05, 4.69) is 58.4 Å². The Morgan fingerprint density at radius 1 is 0.971 bits per heavy atom. The van der Waals surface area contributed by atoms with E-state index < -0.39 is 0 Å². The predicted molar refractivity (Wildman–Crippen MR) is 139 cm³/mol. The lowest BCUT2D eigenvalue weighted by atomic mass is 10.1. The third kappa shape index (κ3) is 4.37. The monoisotopic (exact) mass is 469 g/mol. The Kier molecular flexibility index (Phi) is 6.23. The molecule has 0 fully saturated rings. The van der Waals surface area contributed by atoms with Gasteiger partial charge in [-0.3, -0.25) is 0 Å². The summed E-state index contributed by atoms with van der Waals surface area (Å²) in [4.78, 5) is 9.34. The van der Waals surface area contributed by atoms with Gasteiger partial charge in [-0.15, -0.1) is 11.3 Å². The summed E-state index contributed by atoms with van der Waals surface area (Å²) >= 11 is 1.64. The molecule has 0 saturated carbocycles. The lowest BCUT2D eigenvalue weighted by Crippen LogP contribution is -2.17. The summed E-state index contributed by atoms with van der Waals surface area (Å²) < 4.78 is 13.2. The third-order valence-corrected chi connectivity index (χ3v) is 6.88. The predicted octanol–water partition coefficient (Wildman–Crippen LogP) is 6.50. The molecular formula is C28H27N3O2S. The number of hydrogen-bond donors (Lipinski definition) is 1. The van der Waals surface area contributed by atoms with Crippen LogP contribution >= 0.6 is 11.3 Å². The molecule has 0 aliphatic carbocycles. The van der Waals surface area contributed by atoms with E-state index in [1.165, 1.54) is 22.0 Å². The topological polar surface area (TPSA) is 51.5 Å². The number of methoxy groups -OCH3 is 2. The number of hydrogen-bond acceptors (Lipinski definition) is 4. The van der Waals surface area contributed by atoms with E-state index in [0.29, 0.717) is 0 Å². The first-order chi connectivity index (χ1) is 16.7. The van der Waals surface area contributed by atoms with Crippen LogP contribution in [0.1, 0.15) is 11.1 Å². The van der Waals surface area contributed by atoms with Crippen molar-refractivity contribution in [3.8, 4) is 22.8 Å². The number of aryl methyl sites for hydroxylation is 2. The minimum atomic E-state index is 0.764. The van der Waals surface area contributed by atoms with Crippen LogP contribution < -0.4 is 14.3 Å². The number of aromatic nitrogens is 2. The van der Waals surface area contributed by atoms with Gasteiger partial charge in [0.15, 0.2) is 4.80 Å². The quantitative estimate of drug-likeness (QED) is 0.296. The zero-order valence-electron chi connectivity index (χ0n) is 19.5. The fourth-order valence-electron chi connectivity index (χ4n) is 4.18. The first kappa shape index (κ1) is 22.0. The summed E-state index contributed by atoms with van der Waals surface area (Å²) in [5.41, 5.74) is 6.84. The summed E-state index contributed by atoms with van der Waals surface area (Å²) in [5, 5.41) is 3.46. The van der Waals surface area contributed by atoms with Gasteiger partial charge in [0.05, 0.1) is 19.9 Å². The van der Waals surface area contributed by atoms with Gasteiger partial charge >= 0.3 is 0 Å². The van der Waals surface area contributed by atoms with Crippen LogP contribution in [0.3, 0.4) is 0 Å². The van der Waals surface area contributed by atoms with E-state index in [1.807, 2.05) is 36.4 Å². The average molecular weight is 470 g/mol. The van der Waals surface area contributed by atoms with E-state index in [4.69, 9.17) is 14.5 Å². The molecule has 5 aromatic rings. The van der Waals surface area contributed by atoms with Gasteiger partial charge in [0.2, 0.25) is 0 Å². The minimum Gasteiger partial charge on any atom is -0.497 e. The lowest BCUT2D eigenvalue weighted by molar-refractivity contribution is 0.415. The molecule has 1 N–H and O–H groups in total. The summed E-state index contributed by atoms with van der Waals surface area (Å²) in [6, 6.07) is 22.6. The zero-order valence-corrected chi connectivity index (χ0v) is 20.4. The van der Waals surface area contributed by atoms with Crippen molar-refractivity contribution >= 4 is 27.9 Å². The van der Waals surface area contributed by atoms with Crippen LogP contribution in [0.2, 0.25) is 0 Å². The third-order valence-electron chi connectivity index (χ3n) is 6.01. The lowest BCUT2D eigenvalue weighted by Gasteiger charge is -2.10. The van der Waals surface area contributed by atoms with Crippen molar-refractivity contribution in [3.63, 3.8) is 0 Å².